The van der Waals surface area contributed by atoms with Crippen LogP contribution in [-0.4, -0.2) is 43.3 Å². The molecule has 0 unspecified atom stereocenters. The van der Waals surface area contributed by atoms with E-state index in [1.807, 2.05) is 38.1 Å². The van der Waals surface area contributed by atoms with Crippen molar-refractivity contribution < 1.29 is 58.8 Å². The SMILES string of the molecule is CC(C)[S-].CCOC(=O)c1ccc(SC(C)C)cc1.COC(=O)c1ccc(F)cc1.[2H]CF.[Na+]. The van der Waals surface area contributed by atoms with Crippen LogP contribution in [0.5, 0.6) is 0 Å². The zero-order valence-electron chi connectivity index (χ0n) is 21.4. The van der Waals surface area contributed by atoms with E-state index >= 15 is 0 Å². The third kappa shape index (κ3) is 20.1. The van der Waals surface area contributed by atoms with Crippen LogP contribution >= 0.6 is 11.8 Å². The second-order valence-electron chi connectivity index (χ2n) is 6.46. The normalized spacial score (nSPS) is 9.48. The molecule has 0 radical (unpaired) electrons. The Hall–Kier alpha value is -1.06. The molecule has 0 aliphatic heterocycles. The van der Waals surface area contributed by atoms with E-state index in [1.54, 1.807) is 18.7 Å². The molecule has 0 bridgehead atoms. The number of hydrogen-bond acceptors (Lipinski definition) is 6. The van der Waals surface area contributed by atoms with Gasteiger partial charge in [-0.25, -0.2) is 14.0 Å². The zero-order chi connectivity index (χ0) is 25.8. The number of carbonyl (C=O) groups excluding carboxylic acids is 2. The molecule has 0 aliphatic rings. The average molecular weight is 512 g/mol. The van der Waals surface area contributed by atoms with Gasteiger partial charge in [0, 0.05) is 10.1 Å². The molecule has 4 nitrogen and oxygen atoms in total. The molecule has 180 valence electrons. The van der Waals surface area contributed by atoms with Gasteiger partial charge in [0.15, 0.2) is 0 Å². The molecule has 0 saturated heterocycles. The Morgan fingerprint density at radius 1 is 1.00 bits per heavy atom. The number of esters is 2. The maximum Gasteiger partial charge on any atom is 1.00 e. The maximum absolute atomic E-state index is 12.3. The van der Waals surface area contributed by atoms with Gasteiger partial charge in [0.05, 0.1) is 33.4 Å². The molecule has 0 fully saturated rings. The summed E-state index contributed by atoms with van der Waals surface area (Å²) in [6.07, 6.45) is 0. The number of alkyl halides is 1. The van der Waals surface area contributed by atoms with Crippen LogP contribution in [0.1, 0.15) is 56.7 Å². The number of benzene rings is 2. The number of carbonyl (C=O) groups is 2. The smallest absolute Gasteiger partial charge is 0.790 e. The molecule has 0 spiro atoms. The molecule has 2 aromatic rings. The van der Waals surface area contributed by atoms with Crippen molar-refractivity contribution in [1.82, 2.24) is 0 Å². The fourth-order valence-electron chi connectivity index (χ4n) is 1.86. The molecule has 2 aromatic carbocycles. The molecule has 0 aromatic heterocycles. The van der Waals surface area contributed by atoms with E-state index in [9.17, 15) is 18.4 Å². The monoisotopic (exact) mass is 511 g/mol. The fraction of sp³-hybridized carbons (Fsp3) is 0.417. The van der Waals surface area contributed by atoms with Crippen LogP contribution in [0.15, 0.2) is 53.4 Å². The van der Waals surface area contributed by atoms with Gasteiger partial charge in [-0.3, -0.25) is 4.39 Å². The van der Waals surface area contributed by atoms with Crippen LogP contribution < -0.4 is 29.6 Å². The number of rotatable bonds is 5. The third-order valence-electron chi connectivity index (χ3n) is 3.00. The van der Waals surface area contributed by atoms with Crippen molar-refractivity contribution in [3.63, 3.8) is 0 Å². The molecule has 0 atom stereocenters. The fourth-order valence-corrected chi connectivity index (χ4v) is 2.70. The zero-order valence-corrected chi connectivity index (χ0v) is 24.0. The molecule has 33 heavy (non-hydrogen) atoms. The van der Waals surface area contributed by atoms with E-state index in [2.05, 4.69) is 31.2 Å². The molecule has 2 rings (SSSR count). The van der Waals surface area contributed by atoms with E-state index in [1.165, 1.54) is 36.3 Å². The largest absolute Gasteiger partial charge is 1.00 e. The number of ether oxygens (including phenoxy) is 2. The average Bonchev–Trinajstić information content (AvgIpc) is 2.74. The van der Waals surface area contributed by atoms with Gasteiger partial charge in [-0.1, -0.05) is 27.7 Å². The molecular weight excluding hydrogens is 477 g/mol. The van der Waals surface area contributed by atoms with Crippen molar-refractivity contribution in [2.75, 3.05) is 20.9 Å². The van der Waals surface area contributed by atoms with Crippen LogP contribution in [0.2, 0.25) is 0 Å². The van der Waals surface area contributed by atoms with Crippen molar-refractivity contribution in [3.05, 3.63) is 65.5 Å². The Morgan fingerprint density at radius 2 is 1.39 bits per heavy atom. The standard InChI is InChI=1S/C12H16O2S.C8H7FO2.C3H8S.CH3F.Na/c1-4-14-12(13)10-5-7-11(8-6-10)15-9(2)3;1-11-8(10)6-2-4-7(9)5-3-6;1-3(2)4;1-2;/h5-9H,4H2,1-3H3;2-5H,1H3;3-4H,1-2H3;1H3;/q;;;;+1/p-1/i;;;1D;. The predicted molar refractivity (Wildman–Crippen MR) is 131 cm³/mol. The van der Waals surface area contributed by atoms with Crippen LogP contribution in [0.3, 0.4) is 0 Å². The molecule has 0 saturated carbocycles. The van der Waals surface area contributed by atoms with Gasteiger partial charge in [0.1, 0.15) is 5.82 Å². The first kappa shape index (κ1) is 34.1. The summed E-state index contributed by atoms with van der Waals surface area (Å²) >= 11 is 6.40. The molecule has 0 aliphatic carbocycles. The minimum Gasteiger partial charge on any atom is -0.790 e. The first-order chi connectivity index (χ1) is 15.5. The van der Waals surface area contributed by atoms with Crippen LogP contribution in [0, 0.1) is 5.82 Å². The maximum atomic E-state index is 12.3. The first-order valence-electron chi connectivity index (χ1n) is 10.5. The van der Waals surface area contributed by atoms with Crippen LogP contribution in [-0.2, 0) is 22.1 Å². The molecule has 0 amide bonds. The summed E-state index contributed by atoms with van der Waals surface area (Å²) in [6, 6.07) is 12.7. The Bertz CT molecular complexity index is 775. The molecular formula is C24H33F2NaO4S2. The predicted octanol–water partition coefficient (Wildman–Crippen LogP) is 3.51. The summed E-state index contributed by atoms with van der Waals surface area (Å²) in [4.78, 5) is 23.3. The molecule has 9 heteroatoms. The van der Waals surface area contributed by atoms with E-state index in [4.69, 9.17) is 6.11 Å². The van der Waals surface area contributed by atoms with Gasteiger partial charge in [-0.15, -0.1) is 11.8 Å². The van der Waals surface area contributed by atoms with E-state index in [0.717, 1.165) is 0 Å². The topological polar surface area (TPSA) is 52.6 Å². The molecule has 0 N–H and O–H groups in total. The second-order valence-corrected chi connectivity index (χ2v) is 9.05. The minimum absolute atomic E-state index is 0. The number of thioether (sulfide) groups is 1. The number of methoxy groups -OCH3 is 1. The quantitative estimate of drug-likeness (QED) is 0.265. The second kappa shape index (κ2) is 22.7. The van der Waals surface area contributed by atoms with Crippen LogP contribution in [0.4, 0.5) is 8.78 Å². The van der Waals surface area contributed by atoms with Crippen molar-refractivity contribution >= 4 is 36.3 Å². The van der Waals surface area contributed by atoms with Gasteiger partial charge in [0.2, 0.25) is 0 Å². The van der Waals surface area contributed by atoms with Gasteiger partial charge in [0.25, 0.3) is 0 Å². The summed E-state index contributed by atoms with van der Waals surface area (Å²) < 4.78 is 37.1. The Labute approximate surface area is 230 Å². The Kier molecular flexibility index (Phi) is 23.5. The summed E-state index contributed by atoms with van der Waals surface area (Å²) in [5, 5.41) is 0.971. The first-order valence-corrected chi connectivity index (χ1v) is 11.2. The van der Waals surface area contributed by atoms with Crippen LogP contribution in [0.25, 0.3) is 0 Å². The van der Waals surface area contributed by atoms with Crippen molar-refractivity contribution in [3.8, 4) is 0 Å². The van der Waals surface area contributed by atoms with Crippen molar-refractivity contribution in [2.45, 2.75) is 50.0 Å². The third-order valence-corrected chi connectivity index (χ3v) is 4.02. The Balaban J connectivity index is -0.000000444. The van der Waals surface area contributed by atoms with Gasteiger partial charge in [-0.2, -0.15) is 5.25 Å². The van der Waals surface area contributed by atoms with Gasteiger partial charge in [-0.05, 0) is 55.5 Å². The summed E-state index contributed by atoms with van der Waals surface area (Å²) in [5.74, 6) is -1.07. The van der Waals surface area contributed by atoms with E-state index in [-0.39, 0.29) is 41.3 Å². The van der Waals surface area contributed by atoms with Gasteiger partial charge < -0.3 is 22.1 Å². The Morgan fingerprint density at radius 3 is 1.76 bits per heavy atom. The van der Waals surface area contributed by atoms with E-state index < -0.39 is 13.1 Å². The van der Waals surface area contributed by atoms with Crippen molar-refractivity contribution in [1.29, 1.82) is 0 Å². The van der Waals surface area contributed by atoms with E-state index in [0.29, 0.717) is 28.2 Å². The number of halogens is 2. The molecule has 0 heterocycles. The summed E-state index contributed by atoms with van der Waals surface area (Å²) in [7, 11) is 0.283. The summed E-state index contributed by atoms with van der Waals surface area (Å²) in [6.45, 7) is 10.5. The minimum atomic E-state index is -1.00. The van der Waals surface area contributed by atoms with Crippen molar-refractivity contribution in [2.24, 2.45) is 0 Å². The van der Waals surface area contributed by atoms with Gasteiger partial charge >= 0.3 is 41.5 Å². The number of hydrogen-bond donors (Lipinski definition) is 0. The summed E-state index contributed by atoms with van der Waals surface area (Å²) in [5.41, 5.74) is 0.971.